The van der Waals surface area contributed by atoms with Crippen molar-refractivity contribution in [2.45, 2.75) is 18.4 Å². The maximum Gasteiger partial charge on any atom is 0.271 e. The van der Waals surface area contributed by atoms with Gasteiger partial charge in [0.15, 0.2) is 0 Å². The number of nitrogens with one attached hydrogen (secondary N) is 1. The molecule has 1 heterocycles. The lowest BCUT2D eigenvalue weighted by Gasteiger charge is -2.04. The average molecular weight is 254 g/mol. The van der Waals surface area contributed by atoms with Crippen LogP contribution in [0.1, 0.15) is 28.4 Å². The lowest BCUT2D eigenvalue weighted by Crippen LogP contribution is -2.27. The van der Waals surface area contributed by atoms with Crippen LogP contribution in [0.25, 0.3) is 0 Å². The molecule has 1 aliphatic rings. The summed E-state index contributed by atoms with van der Waals surface area (Å²) in [4.78, 5) is 19.8. The molecule has 5 nitrogen and oxygen atoms in total. The van der Waals surface area contributed by atoms with Crippen LogP contribution in [0.3, 0.4) is 0 Å². The molecule has 0 aliphatic heterocycles. The standard InChI is InChI=1S/C14H14N4O/c15-13-8-16-7-12(17-13)14(19)18-11-6-10(11)9-4-2-1-3-5-9/h1-5,7-8,10-11H,6H2,(H2,15,17)(H,18,19). The molecule has 3 N–H and O–H groups in total. The molecule has 1 aromatic heterocycles. The lowest BCUT2D eigenvalue weighted by molar-refractivity contribution is 0.0945. The number of carbonyl (C=O) groups excluding carboxylic acids is 1. The number of benzene rings is 1. The van der Waals surface area contributed by atoms with E-state index in [0.29, 0.717) is 5.92 Å². The Morgan fingerprint density at radius 3 is 2.79 bits per heavy atom. The molecule has 2 atom stereocenters. The first-order valence-electron chi connectivity index (χ1n) is 6.17. The largest absolute Gasteiger partial charge is 0.382 e. The van der Waals surface area contributed by atoms with Crippen molar-refractivity contribution in [2.75, 3.05) is 5.73 Å². The molecule has 3 rings (SSSR count). The first-order valence-corrected chi connectivity index (χ1v) is 6.17. The molecule has 1 fully saturated rings. The summed E-state index contributed by atoms with van der Waals surface area (Å²) in [5.74, 6) is 0.436. The van der Waals surface area contributed by atoms with Gasteiger partial charge in [-0.3, -0.25) is 9.78 Å². The number of amides is 1. The minimum Gasteiger partial charge on any atom is -0.382 e. The minimum atomic E-state index is -0.219. The number of hydrogen-bond donors (Lipinski definition) is 2. The average Bonchev–Trinajstić information content (AvgIpc) is 3.19. The molecule has 1 aliphatic carbocycles. The number of nitrogens with two attached hydrogens (primary N) is 1. The van der Waals surface area contributed by atoms with E-state index < -0.39 is 0 Å². The second-order valence-corrected chi connectivity index (χ2v) is 4.66. The molecule has 96 valence electrons. The summed E-state index contributed by atoms with van der Waals surface area (Å²) in [6, 6.07) is 10.3. The van der Waals surface area contributed by atoms with Gasteiger partial charge in [0.1, 0.15) is 11.5 Å². The minimum absolute atomic E-state index is 0.179. The SMILES string of the molecule is Nc1cncc(C(=O)NC2CC2c2ccccc2)n1. The molecule has 1 aromatic carbocycles. The molecule has 0 spiro atoms. The summed E-state index contributed by atoms with van der Waals surface area (Å²) >= 11 is 0. The zero-order valence-electron chi connectivity index (χ0n) is 10.3. The third kappa shape index (κ3) is 2.54. The van der Waals surface area contributed by atoms with Crippen molar-refractivity contribution < 1.29 is 4.79 Å². The predicted molar refractivity (Wildman–Crippen MR) is 71.5 cm³/mol. The summed E-state index contributed by atoms with van der Waals surface area (Å²) < 4.78 is 0. The third-order valence-corrected chi connectivity index (χ3v) is 3.22. The Labute approximate surface area is 110 Å². The molecular weight excluding hydrogens is 240 g/mol. The van der Waals surface area contributed by atoms with Gasteiger partial charge in [-0.15, -0.1) is 0 Å². The predicted octanol–water partition coefficient (Wildman–Crippen LogP) is 1.34. The molecular formula is C14H14N4O. The molecule has 2 unspecified atom stereocenters. The van der Waals surface area contributed by atoms with Gasteiger partial charge in [-0.1, -0.05) is 30.3 Å². The van der Waals surface area contributed by atoms with Crippen molar-refractivity contribution in [3.8, 4) is 0 Å². The smallest absolute Gasteiger partial charge is 0.271 e. The highest BCUT2D eigenvalue weighted by molar-refractivity contribution is 5.92. The summed E-state index contributed by atoms with van der Waals surface area (Å²) in [7, 11) is 0. The van der Waals surface area contributed by atoms with E-state index in [0.717, 1.165) is 6.42 Å². The van der Waals surface area contributed by atoms with Crippen LogP contribution in [0.15, 0.2) is 42.7 Å². The second-order valence-electron chi connectivity index (χ2n) is 4.66. The van der Waals surface area contributed by atoms with Gasteiger partial charge in [-0.25, -0.2) is 4.98 Å². The number of anilines is 1. The van der Waals surface area contributed by atoms with Crippen LogP contribution in [0.5, 0.6) is 0 Å². The zero-order valence-corrected chi connectivity index (χ0v) is 10.3. The molecule has 1 amide bonds. The Hall–Kier alpha value is -2.43. The molecule has 1 saturated carbocycles. The van der Waals surface area contributed by atoms with Crippen molar-refractivity contribution in [2.24, 2.45) is 0 Å². The normalized spacial score (nSPS) is 20.8. The van der Waals surface area contributed by atoms with Crippen molar-refractivity contribution in [1.29, 1.82) is 0 Å². The van der Waals surface area contributed by atoms with Crippen molar-refractivity contribution >= 4 is 11.7 Å². The molecule has 2 aromatic rings. The highest BCUT2D eigenvalue weighted by Crippen LogP contribution is 2.40. The zero-order chi connectivity index (χ0) is 13.2. The van der Waals surface area contributed by atoms with Gasteiger partial charge in [0, 0.05) is 12.0 Å². The van der Waals surface area contributed by atoms with Gasteiger partial charge in [0.05, 0.1) is 12.4 Å². The fourth-order valence-corrected chi connectivity index (χ4v) is 2.16. The maximum atomic E-state index is 12.0. The van der Waals surface area contributed by atoms with Gasteiger partial charge < -0.3 is 11.1 Å². The van der Waals surface area contributed by atoms with E-state index in [4.69, 9.17) is 5.73 Å². The van der Waals surface area contributed by atoms with Crippen LogP contribution < -0.4 is 11.1 Å². The van der Waals surface area contributed by atoms with Gasteiger partial charge in [0.25, 0.3) is 5.91 Å². The Bertz CT molecular complexity index is 599. The molecule has 19 heavy (non-hydrogen) atoms. The fraction of sp³-hybridized carbons (Fsp3) is 0.214. The van der Waals surface area contributed by atoms with Crippen LogP contribution in [0, 0.1) is 0 Å². The fourth-order valence-electron chi connectivity index (χ4n) is 2.16. The maximum absolute atomic E-state index is 12.0. The number of aromatic nitrogens is 2. The Balaban J connectivity index is 1.64. The van der Waals surface area contributed by atoms with Crippen molar-refractivity contribution in [1.82, 2.24) is 15.3 Å². The summed E-state index contributed by atoms with van der Waals surface area (Å²) in [6.07, 6.45) is 3.80. The third-order valence-electron chi connectivity index (χ3n) is 3.22. The van der Waals surface area contributed by atoms with E-state index in [1.54, 1.807) is 0 Å². The number of carbonyl (C=O) groups is 1. The van der Waals surface area contributed by atoms with Gasteiger partial charge in [0.2, 0.25) is 0 Å². The molecule has 0 saturated heterocycles. The second kappa shape index (κ2) is 4.68. The van der Waals surface area contributed by atoms with Crippen LogP contribution in [0.2, 0.25) is 0 Å². The summed E-state index contributed by atoms with van der Waals surface area (Å²) in [5, 5.41) is 2.95. The van der Waals surface area contributed by atoms with Crippen LogP contribution in [0.4, 0.5) is 5.82 Å². The van der Waals surface area contributed by atoms with Gasteiger partial charge in [-0.2, -0.15) is 0 Å². The van der Waals surface area contributed by atoms with Crippen LogP contribution in [-0.2, 0) is 0 Å². The van der Waals surface area contributed by atoms with E-state index in [9.17, 15) is 4.79 Å². The first-order chi connectivity index (χ1) is 9.24. The Kier molecular flexibility index (Phi) is 2.87. The number of rotatable bonds is 3. The van der Waals surface area contributed by atoms with Gasteiger partial charge >= 0.3 is 0 Å². The van der Waals surface area contributed by atoms with E-state index in [1.165, 1.54) is 18.0 Å². The summed E-state index contributed by atoms with van der Waals surface area (Å²) in [5.41, 5.74) is 7.03. The molecule has 0 radical (unpaired) electrons. The van der Waals surface area contributed by atoms with E-state index in [1.807, 2.05) is 18.2 Å². The Morgan fingerprint density at radius 1 is 1.26 bits per heavy atom. The van der Waals surface area contributed by atoms with E-state index in [2.05, 4.69) is 27.4 Å². The topological polar surface area (TPSA) is 80.9 Å². The van der Waals surface area contributed by atoms with Crippen molar-refractivity contribution in [3.63, 3.8) is 0 Å². The van der Waals surface area contributed by atoms with E-state index in [-0.39, 0.29) is 23.5 Å². The van der Waals surface area contributed by atoms with Crippen LogP contribution in [-0.4, -0.2) is 21.9 Å². The first kappa shape index (κ1) is 11.6. The number of nitrogens with zero attached hydrogens (tertiary/aromatic N) is 2. The molecule has 5 heteroatoms. The van der Waals surface area contributed by atoms with Crippen LogP contribution >= 0.6 is 0 Å². The monoisotopic (exact) mass is 254 g/mol. The lowest BCUT2D eigenvalue weighted by atomic mass is 10.1. The highest BCUT2D eigenvalue weighted by Gasteiger charge is 2.39. The molecule has 0 bridgehead atoms. The Morgan fingerprint density at radius 2 is 2.05 bits per heavy atom. The van der Waals surface area contributed by atoms with Crippen molar-refractivity contribution in [3.05, 3.63) is 54.0 Å². The number of hydrogen-bond acceptors (Lipinski definition) is 4. The highest BCUT2D eigenvalue weighted by atomic mass is 16.2. The van der Waals surface area contributed by atoms with E-state index >= 15 is 0 Å². The summed E-state index contributed by atoms with van der Waals surface area (Å²) in [6.45, 7) is 0. The van der Waals surface area contributed by atoms with Gasteiger partial charge in [-0.05, 0) is 12.0 Å². The number of nitrogen functional groups attached to an aromatic ring is 1. The quantitative estimate of drug-likeness (QED) is 0.866.